The molecule has 0 atom stereocenters. The largest absolute Gasteiger partial charge is 0.440 e. The third kappa shape index (κ3) is 2.40. The number of hydrogen-bond donors (Lipinski definition) is 2. The number of rotatable bonds is 3. The van der Waals surface area contributed by atoms with Gasteiger partial charge in [-0.05, 0) is 56.7 Å². The number of benzene rings is 1. The fourth-order valence-electron chi connectivity index (χ4n) is 3.04. The molecule has 4 rings (SSSR count). The van der Waals surface area contributed by atoms with E-state index in [1.54, 1.807) is 0 Å². The first-order chi connectivity index (χ1) is 9.78. The molecule has 4 heteroatoms. The van der Waals surface area contributed by atoms with Gasteiger partial charge >= 0.3 is 0 Å². The smallest absolute Gasteiger partial charge is 0.198 e. The van der Waals surface area contributed by atoms with E-state index in [-0.39, 0.29) is 0 Å². The predicted molar refractivity (Wildman–Crippen MR) is 79.8 cm³/mol. The zero-order chi connectivity index (χ0) is 13.5. The van der Waals surface area contributed by atoms with E-state index >= 15 is 0 Å². The van der Waals surface area contributed by atoms with Gasteiger partial charge in [-0.15, -0.1) is 0 Å². The van der Waals surface area contributed by atoms with Crippen molar-refractivity contribution in [2.24, 2.45) is 5.73 Å². The molecule has 0 unspecified atom stereocenters. The molecule has 0 saturated heterocycles. The molecule has 2 aromatic rings. The summed E-state index contributed by atoms with van der Waals surface area (Å²) in [6.45, 7) is 0. The summed E-state index contributed by atoms with van der Waals surface area (Å²) in [7, 11) is 0. The molecule has 0 bridgehead atoms. The van der Waals surface area contributed by atoms with E-state index in [0.29, 0.717) is 18.0 Å². The molecule has 2 saturated carbocycles. The number of oxazole rings is 1. The van der Waals surface area contributed by atoms with Crippen molar-refractivity contribution in [2.75, 3.05) is 5.32 Å². The lowest BCUT2D eigenvalue weighted by atomic mass is 9.91. The van der Waals surface area contributed by atoms with E-state index in [1.807, 2.05) is 6.07 Å². The summed E-state index contributed by atoms with van der Waals surface area (Å²) in [6.07, 6.45) is 7.00. The van der Waals surface area contributed by atoms with Crippen molar-refractivity contribution in [3.8, 4) is 0 Å². The summed E-state index contributed by atoms with van der Waals surface area (Å²) in [5.41, 5.74) is 8.98. The second-order valence-corrected chi connectivity index (χ2v) is 6.26. The normalized spacial score (nSPS) is 26.9. The third-order valence-electron chi connectivity index (χ3n) is 4.47. The number of hydrogen-bond acceptors (Lipinski definition) is 4. The first-order valence-electron chi connectivity index (χ1n) is 7.70. The van der Waals surface area contributed by atoms with Crippen LogP contribution < -0.4 is 11.1 Å². The van der Waals surface area contributed by atoms with Crippen LogP contribution in [0.2, 0.25) is 0 Å². The maximum atomic E-state index is 5.95. The highest BCUT2D eigenvalue weighted by Crippen LogP contribution is 2.40. The summed E-state index contributed by atoms with van der Waals surface area (Å²) in [6, 6.07) is 7.18. The standard InChI is InChI=1S/C16H21N3O/c17-11-3-5-12(6-4-11)18-13-7-8-15-14(9-13)19-16(20-15)10-1-2-10/h7-12,18H,1-6,17H2. The SMILES string of the molecule is NC1CCC(Nc2ccc3oc(C4CC4)nc3c2)CC1. The van der Waals surface area contributed by atoms with E-state index in [2.05, 4.69) is 22.4 Å². The Hall–Kier alpha value is -1.55. The van der Waals surface area contributed by atoms with Gasteiger partial charge in [0.1, 0.15) is 5.52 Å². The number of nitrogens with zero attached hydrogens (tertiary/aromatic N) is 1. The highest BCUT2D eigenvalue weighted by atomic mass is 16.3. The molecule has 106 valence electrons. The molecule has 1 aromatic carbocycles. The Morgan fingerprint density at radius 2 is 1.90 bits per heavy atom. The Bertz CT molecular complexity index is 609. The van der Waals surface area contributed by atoms with Gasteiger partial charge in [0.15, 0.2) is 11.5 Å². The minimum Gasteiger partial charge on any atom is -0.440 e. The van der Waals surface area contributed by atoms with E-state index < -0.39 is 0 Å². The van der Waals surface area contributed by atoms with Gasteiger partial charge in [-0.1, -0.05) is 0 Å². The van der Waals surface area contributed by atoms with Gasteiger partial charge in [0.05, 0.1) is 0 Å². The van der Waals surface area contributed by atoms with Crippen molar-refractivity contribution in [1.82, 2.24) is 4.98 Å². The lowest BCUT2D eigenvalue weighted by molar-refractivity contribution is 0.411. The van der Waals surface area contributed by atoms with Crippen LogP contribution in [0.3, 0.4) is 0 Å². The van der Waals surface area contributed by atoms with Crippen molar-refractivity contribution in [3.63, 3.8) is 0 Å². The zero-order valence-electron chi connectivity index (χ0n) is 11.6. The lowest BCUT2D eigenvalue weighted by Crippen LogP contribution is -2.32. The van der Waals surface area contributed by atoms with E-state index in [4.69, 9.17) is 10.2 Å². The summed E-state index contributed by atoms with van der Waals surface area (Å²) in [5, 5.41) is 3.61. The summed E-state index contributed by atoms with van der Waals surface area (Å²) in [5.74, 6) is 1.49. The Kier molecular flexibility index (Phi) is 2.91. The van der Waals surface area contributed by atoms with E-state index in [9.17, 15) is 0 Å². The molecule has 0 aliphatic heterocycles. The molecule has 0 spiro atoms. The van der Waals surface area contributed by atoms with E-state index in [0.717, 1.165) is 48.4 Å². The Balaban J connectivity index is 1.51. The molecule has 3 N–H and O–H groups in total. The molecule has 1 aromatic heterocycles. The fraction of sp³-hybridized carbons (Fsp3) is 0.562. The molecule has 0 radical (unpaired) electrons. The molecule has 2 aliphatic rings. The summed E-state index contributed by atoms with van der Waals surface area (Å²) in [4.78, 5) is 4.61. The molecule has 20 heavy (non-hydrogen) atoms. The van der Waals surface area contributed by atoms with Gasteiger partial charge in [0, 0.05) is 23.7 Å². The van der Waals surface area contributed by atoms with E-state index in [1.165, 1.54) is 12.8 Å². The Labute approximate surface area is 118 Å². The minimum absolute atomic E-state index is 0.396. The minimum atomic E-state index is 0.396. The second-order valence-electron chi connectivity index (χ2n) is 6.26. The quantitative estimate of drug-likeness (QED) is 0.898. The number of aromatic nitrogens is 1. The monoisotopic (exact) mass is 271 g/mol. The fourth-order valence-corrected chi connectivity index (χ4v) is 3.04. The second kappa shape index (κ2) is 4.77. The van der Waals surface area contributed by atoms with Crippen molar-refractivity contribution in [3.05, 3.63) is 24.1 Å². The highest BCUT2D eigenvalue weighted by molar-refractivity contribution is 5.77. The van der Waals surface area contributed by atoms with Crippen molar-refractivity contribution < 1.29 is 4.42 Å². The lowest BCUT2D eigenvalue weighted by Gasteiger charge is -2.27. The van der Waals surface area contributed by atoms with Gasteiger partial charge in [-0.3, -0.25) is 0 Å². The summed E-state index contributed by atoms with van der Waals surface area (Å²) >= 11 is 0. The van der Waals surface area contributed by atoms with Crippen LogP contribution in [0, 0.1) is 0 Å². The number of fused-ring (bicyclic) bond motifs is 1. The zero-order valence-corrected chi connectivity index (χ0v) is 11.6. The van der Waals surface area contributed by atoms with Crippen LogP contribution in [-0.2, 0) is 0 Å². The van der Waals surface area contributed by atoms with Crippen molar-refractivity contribution >= 4 is 16.8 Å². The van der Waals surface area contributed by atoms with Crippen LogP contribution in [0.5, 0.6) is 0 Å². The van der Waals surface area contributed by atoms with Gasteiger partial charge in [-0.25, -0.2) is 4.98 Å². The molecule has 2 fully saturated rings. The molecular weight excluding hydrogens is 250 g/mol. The molecule has 0 amide bonds. The van der Waals surface area contributed by atoms with Crippen LogP contribution in [-0.4, -0.2) is 17.1 Å². The van der Waals surface area contributed by atoms with Crippen LogP contribution in [0.4, 0.5) is 5.69 Å². The molecule has 2 aliphatic carbocycles. The van der Waals surface area contributed by atoms with Crippen LogP contribution in [0.25, 0.3) is 11.1 Å². The Morgan fingerprint density at radius 3 is 2.65 bits per heavy atom. The van der Waals surface area contributed by atoms with Gasteiger partial charge < -0.3 is 15.5 Å². The maximum absolute atomic E-state index is 5.95. The number of nitrogens with two attached hydrogens (primary N) is 1. The van der Waals surface area contributed by atoms with Crippen molar-refractivity contribution in [1.29, 1.82) is 0 Å². The third-order valence-corrected chi connectivity index (χ3v) is 4.47. The van der Waals surface area contributed by atoms with Gasteiger partial charge in [0.2, 0.25) is 0 Å². The summed E-state index contributed by atoms with van der Waals surface area (Å²) < 4.78 is 5.80. The molecule has 4 nitrogen and oxygen atoms in total. The van der Waals surface area contributed by atoms with Gasteiger partial charge in [-0.2, -0.15) is 0 Å². The predicted octanol–water partition coefficient (Wildman–Crippen LogP) is 3.39. The molecular formula is C16H21N3O. The van der Waals surface area contributed by atoms with Crippen LogP contribution in [0.15, 0.2) is 22.6 Å². The average molecular weight is 271 g/mol. The van der Waals surface area contributed by atoms with Crippen molar-refractivity contribution in [2.45, 2.75) is 56.5 Å². The Morgan fingerprint density at radius 1 is 1.10 bits per heavy atom. The number of anilines is 1. The topological polar surface area (TPSA) is 64.1 Å². The first kappa shape index (κ1) is 12.2. The van der Waals surface area contributed by atoms with Crippen LogP contribution in [0.1, 0.15) is 50.3 Å². The highest BCUT2D eigenvalue weighted by Gasteiger charge is 2.29. The number of nitrogens with one attached hydrogen (secondary N) is 1. The first-order valence-corrected chi connectivity index (χ1v) is 7.70. The maximum Gasteiger partial charge on any atom is 0.198 e. The molecule has 1 heterocycles. The van der Waals surface area contributed by atoms with Crippen LogP contribution >= 0.6 is 0 Å². The average Bonchev–Trinajstić information content (AvgIpc) is 3.21. The van der Waals surface area contributed by atoms with Gasteiger partial charge in [0.25, 0.3) is 0 Å².